The SMILES string of the molecule is CCN1CCN(c2ncnc3sc(C(=O)N4CCN(C)CC4)c(C)c23)CC1. The number of fused-ring (bicyclic) bond motifs is 1. The van der Waals surface area contributed by atoms with Crippen molar-refractivity contribution >= 4 is 33.3 Å². The van der Waals surface area contributed by atoms with Gasteiger partial charge in [0.25, 0.3) is 5.91 Å². The van der Waals surface area contributed by atoms with Crippen LogP contribution >= 0.6 is 11.3 Å². The maximum absolute atomic E-state index is 13.1. The van der Waals surface area contributed by atoms with E-state index in [-0.39, 0.29) is 5.91 Å². The van der Waals surface area contributed by atoms with Crippen molar-refractivity contribution in [2.45, 2.75) is 13.8 Å². The third-order valence-electron chi connectivity index (χ3n) is 5.81. The molecule has 0 atom stereocenters. The fraction of sp³-hybridized carbons (Fsp3) is 0.632. The Bertz CT molecular complexity index is 821. The first-order chi connectivity index (χ1) is 13.1. The standard InChI is InChI=1S/C19H28N6OS/c1-4-23-7-11-24(12-8-23)17-15-14(2)16(27-18(15)21-13-20-17)19(26)25-9-5-22(3)6-10-25/h13H,4-12H2,1-3H3. The number of thiophene rings is 1. The summed E-state index contributed by atoms with van der Waals surface area (Å²) in [7, 11) is 2.10. The monoisotopic (exact) mass is 388 g/mol. The number of hydrogen-bond acceptors (Lipinski definition) is 7. The van der Waals surface area contributed by atoms with Gasteiger partial charge in [-0.3, -0.25) is 4.79 Å². The minimum Gasteiger partial charge on any atom is -0.353 e. The zero-order chi connectivity index (χ0) is 19.0. The van der Waals surface area contributed by atoms with E-state index in [1.807, 2.05) is 4.90 Å². The third kappa shape index (κ3) is 3.53. The summed E-state index contributed by atoms with van der Waals surface area (Å²) in [5.74, 6) is 1.13. The number of nitrogens with zero attached hydrogens (tertiary/aromatic N) is 6. The lowest BCUT2D eigenvalue weighted by Gasteiger charge is -2.35. The van der Waals surface area contributed by atoms with Gasteiger partial charge in [-0.25, -0.2) is 9.97 Å². The summed E-state index contributed by atoms with van der Waals surface area (Å²) >= 11 is 1.52. The zero-order valence-corrected chi connectivity index (χ0v) is 17.3. The molecule has 0 bridgehead atoms. The first kappa shape index (κ1) is 18.6. The predicted octanol–water partition coefficient (Wildman–Crippen LogP) is 1.53. The largest absolute Gasteiger partial charge is 0.353 e. The summed E-state index contributed by atoms with van der Waals surface area (Å²) in [6.45, 7) is 12.8. The minimum atomic E-state index is 0.144. The van der Waals surface area contributed by atoms with Gasteiger partial charge in [-0.05, 0) is 26.1 Å². The molecule has 8 heteroatoms. The van der Waals surface area contributed by atoms with Crippen molar-refractivity contribution < 1.29 is 4.79 Å². The molecule has 146 valence electrons. The molecular weight excluding hydrogens is 360 g/mol. The van der Waals surface area contributed by atoms with Crippen LogP contribution in [0.1, 0.15) is 22.2 Å². The highest BCUT2D eigenvalue weighted by atomic mass is 32.1. The fourth-order valence-corrected chi connectivity index (χ4v) is 5.04. The van der Waals surface area contributed by atoms with E-state index in [9.17, 15) is 4.79 Å². The van der Waals surface area contributed by atoms with Crippen LogP contribution in [0.4, 0.5) is 5.82 Å². The lowest BCUT2D eigenvalue weighted by molar-refractivity contribution is 0.0668. The zero-order valence-electron chi connectivity index (χ0n) is 16.4. The highest BCUT2D eigenvalue weighted by Crippen LogP contribution is 2.35. The summed E-state index contributed by atoms with van der Waals surface area (Å²) in [6, 6.07) is 0. The summed E-state index contributed by atoms with van der Waals surface area (Å²) in [6.07, 6.45) is 1.64. The van der Waals surface area contributed by atoms with Crippen LogP contribution in [-0.4, -0.2) is 96.5 Å². The number of carbonyl (C=O) groups is 1. The Morgan fingerprint density at radius 1 is 1.07 bits per heavy atom. The number of aryl methyl sites for hydroxylation is 1. The van der Waals surface area contributed by atoms with Gasteiger partial charge >= 0.3 is 0 Å². The molecule has 0 aromatic carbocycles. The van der Waals surface area contributed by atoms with Crippen molar-refractivity contribution in [1.82, 2.24) is 24.7 Å². The maximum atomic E-state index is 13.1. The van der Waals surface area contributed by atoms with E-state index in [1.165, 1.54) is 11.3 Å². The number of piperazine rings is 2. The van der Waals surface area contributed by atoms with Gasteiger partial charge in [-0.1, -0.05) is 6.92 Å². The molecule has 2 aromatic heterocycles. The van der Waals surface area contributed by atoms with Crippen LogP contribution < -0.4 is 4.90 Å². The van der Waals surface area contributed by atoms with Crippen molar-refractivity contribution in [3.8, 4) is 0 Å². The molecule has 2 saturated heterocycles. The molecule has 0 aliphatic carbocycles. The molecule has 0 N–H and O–H groups in total. The van der Waals surface area contributed by atoms with E-state index in [0.717, 1.165) is 85.4 Å². The van der Waals surface area contributed by atoms with Crippen molar-refractivity contribution in [3.63, 3.8) is 0 Å². The molecule has 0 spiro atoms. The molecule has 0 saturated carbocycles. The molecule has 0 radical (unpaired) electrons. The quantitative estimate of drug-likeness (QED) is 0.795. The van der Waals surface area contributed by atoms with Crippen LogP contribution in [0.3, 0.4) is 0 Å². The second-order valence-corrected chi connectivity index (χ2v) is 8.45. The van der Waals surface area contributed by atoms with Crippen LogP contribution in [0.15, 0.2) is 6.33 Å². The fourth-order valence-electron chi connectivity index (χ4n) is 3.93. The van der Waals surface area contributed by atoms with Gasteiger partial charge in [0.15, 0.2) is 0 Å². The molecule has 2 aromatic rings. The number of aromatic nitrogens is 2. The molecular formula is C19H28N6OS. The summed E-state index contributed by atoms with van der Waals surface area (Å²) in [5, 5.41) is 1.06. The van der Waals surface area contributed by atoms with E-state index in [1.54, 1.807) is 6.33 Å². The Morgan fingerprint density at radius 3 is 2.44 bits per heavy atom. The van der Waals surface area contributed by atoms with Gasteiger partial charge in [-0.15, -0.1) is 11.3 Å². The van der Waals surface area contributed by atoms with E-state index >= 15 is 0 Å². The Hall–Kier alpha value is -1.77. The number of amides is 1. The van der Waals surface area contributed by atoms with Crippen LogP contribution in [-0.2, 0) is 0 Å². The van der Waals surface area contributed by atoms with Crippen molar-refractivity contribution in [2.75, 3.05) is 70.9 Å². The Morgan fingerprint density at radius 2 is 1.78 bits per heavy atom. The number of hydrogen-bond donors (Lipinski definition) is 0. The van der Waals surface area contributed by atoms with E-state index < -0.39 is 0 Å². The third-order valence-corrected chi connectivity index (χ3v) is 7.00. The lowest BCUT2D eigenvalue weighted by atomic mass is 10.1. The summed E-state index contributed by atoms with van der Waals surface area (Å²) in [4.78, 5) is 33.0. The molecule has 7 nitrogen and oxygen atoms in total. The van der Waals surface area contributed by atoms with Crippen molar-refractivity contribution in [3.05, 3.63) is 16.8 Å². The van der Waals surface area contributed by atoms with E-state index in [0.29, 0.717) is 0 Å². The molecule has 2 aliphatic rings. The summed E-state index contributed by atoms with van der Waals surface area (Å²) < 4.78 is 0. The summed E-state index contributed by atoms with van der Waals surface area (Å²) in [5.41, 5.74) is 1.03. The Labute approximate surface area is 164 Å². The highest BCUT2D eigenvalue weighted by Gasteiger charge is 2.27. The van der Waals surface area contributed by atoms with Crippen LogP contribution in [0.5, 0.6) is 0 Å². The van der Waals surface area contributed by atoms with E-state index in [2.05, 4.69) is 45.6 Å². The smallest absolute Gasteiger partial charge is 0.264 e. The minimum absolute atomic E-state index is 0.144. The second-order valence-electron chi connectivity index (χ2n) is 7.45. The number of anilines is 1. The van der Waals surface area contributed by atoms with Gasteiger partial charge in [0, 0.05) is 52.4 Å². The second kappa shape index (κ2) is 7.69. The number of rotatable bonds is 3. The molecule has 27 heavy (non-hydrogen) atoms. The first-order valence-corrected chi connectivity index (χ1v) is 10.6. The van der Waals surface area contributed by atoms with Gasteiger partial charge in [0.1, 0.15) is 17.0 Å². The average molecular weight is 389 g/mol. The molecule has 4 heterocycles. The topological polar surface area (TPSA) is 55.8 Å². The maximum Gasteiger partial charge on any atom is 0.264 e. The molecule has 2 fully saturated rings. The van der Waals surface area contributed by atoms with Gasteiger partial charge in [-0.2, -0.15) is 0 Å². The van der Waals surface area contributed by atoms with Gasteiger partial charge in [0.05, 0.1) is 10.3 Å². The average Bonchev–Trinajstić information content (AvgIpc) is 3.05. The Balaban J connectivity index is 1.63. The van der Waals surface area contributed by atoms with Crippen LogP contribution in [0.2, 0.25) is 0 Å². The number of carbonyl (C=O) groups excluding carboxylic acids is 1. The number of likely N-dealkylation sites (N-methyl/N-ethyl adjacent to an activating group) is 2. The Kier molecular flexibility index (Phi) is 5.29. The normalized spacial score (nSPS) is 19.8. The first-order valence-electron chi connectivity index (χ1n) is 9.77. The molecule has 2 aliphatic heterocycles. The lowest BCUT2D eigenvalue weighted by Crippen LogP contribution is -2.47. The van der Waals surface area contributed by atoms with Crippen LogP contribution in [0, 0.1) is 6.92 Å². The van der Waals surface area contributed by atoms with E-state index in [4.69, 9.17) is 0 Å². The van der Waals surface area contributed by atoms with Gasteiger partial charge < -0.3 is 19.6 Å². The molecule has 4 rings (SSSR count). The predicted molar refractivity (Wildman–Crippen MR) is 110 cm³/mol. The van der Waals surface area contributed by atoms with Gasteiger partial charge in [0.2, 0.25) is 0 Å². The van der Waals surface area contributed by atoms with Crippen molar-refractivity contribution in [2.24, 2.45) is 0 Å². The van der Waals surface area contributed by atoms with Crippen LogP contribution in [0.25, 0.3) is 10.2 Å². The van der Waals surface area contributed by atoms with Crippen molar-refractivity contribution in [1.29, 1.82) is 0 Å². The molecule has 0 unspecified atom stereocenters. The highest BCUT2D eigenvalue weighted by molar-refractivity contribution is 7.20. The molecule has 1 amide bonds.